The third-order valence-corrected chi connectivity index (χ3v) is 4.46. The van der Waals surface area contributed by atoms with E-state index in [2.05, 4.69) is 66.3 Å². The molecule has 1 aliphatic heterocycles. The number of hydrogen-bond donors (Lipinski definition) is 1. The van der Waals surface area contributed by atoms with Gasteiger partial charge < -0.3 is 10.2 Å². The zero-order chi connectivity index (χ0) is 15.1. The molecule has 0 saturated carbocycles. The van der Waals surface area contributed by atoms with E-state index < -0.39 is 0 Å². The van der Waals surface area contributed by atoms with E-state index in [1.165, 1.54) is 31.5 Å². The van der Waals surface area contributed by atoms with Crippen molar-refractivity contribution in [1.29, 1.82) is 0 Å². The summed E-state index contributed by atoms with van der Waals surface area (Å²) in [7, 11) is 2.24. The Bertz CT molecular complexity index is 387. The van der Waals surface area contributed by atoms with E-state index >= 15 is 0 Å². The summed E-state index contributed by atoms with van der Waals surface area (Å²) in [4.78, 5) is 5.13. The van der Waals surface area contributed by atoms with Crippen LogP contribution in [0.3, 0.4) is 0 Å². The van der Waals surface area contributed by atoms with Crippen LogP contribution in [0.15, 0.2) is 30.3 Å². The fourth-order valence-electron chi connectivity index (χ4n) is 3.35. The molecule has 2 atom stereocenters. The third kappa shape index (κ3) is 4.80. The maximum Gasteiger partial charge on any atom is 0.0476 e. The van der Waals surface area contributed by atoms with Gasteiger partial charge in [0.25, 0.3) is 0 Å². The van der Waals surface area contributed by atoms with Crippen LogP contribution in [-0.4, -0.2) is 55.6 Å². The molecule has 0 aromatic heterocycles. The van der Waals surface area contributed by atoms with Crippen LogP contribution in [0.4, 0.5) is 0 Å². The van der Waals surface area contributed by atoms with Crippen molar-refractivity contribution in [3.63, 3.8) is 0 Å². The molecule has 1 heterocycles. The van der Waals surface area contributed by atoms with E-state index in [0.717, 1.165) is 19.6 Å². The van der Waals surface area contributed by atoms with Crippen molar-refractivity contribution < 1.29 is 0 Å². The van der Waals surface area contributed by atoms with Crippen molar-refractivity contribution in [3.8, 4) is 0 Å². The lowest BCUT2D eigenvalue weighted by atomic mass is 10.0. The molecule has 3 heteroatoms. The first-order valence-electron chi connectivity index (χ1n) is 8.45. The van der Waals surface area contributed by atoms with Gasteiger partial charge in [0.05, 0.1) is 0 Å². The number of rotatable bonds is 7. The van der Waals surface area contributed by atoms with Crippen molar-refractivity contribution in [2.75, 3.05) is 39.8 Å². The smallest absolute Gasteiger partial charge is 0.0476 e. The summed E-state index contributed by atoms with van der Waals surface area (Å²) < 4.78 is 0. The molecule has 1 aromatic carbocycles. The molecule has 1 fully saturated rings. The van der Waals surface area contributed by atoms with Gasteiger partial charge in [-0.25, -0.2) is 0 Å². The predicted molar refractivity (Wildman–Crippen MR) is 90.6 cm³/mol. The summed E-state index contributed by atoms with van der Waals surface area (Å²) in [6.07, 6.45) is 2.52. The zero-order valence-corrected chi connectivity index (χ0v) is 13.9. The van der Waals surface area contributed by atoms with Gasteiger partial charge in [-0.3, -0.25) is 4.90 Å². The topological polar surface area (TPSA) is 18.5 Å². The first-order valence-corrected chi connectivity index (χ1v) is 8.45. The average Bonchev–Trinajstić information content (AvgIpc) is 2.50. The fraction of sp³-hybridized carbons (Fsp3) is 0.667. The minimum Gasteiger partial charge on any atom is -0.313 e. The first kappa shape index (κ1) is 16.5. The van der Waals surface area contributed by atoms with Crippen LogP contribution >= 0.6 is 0 Å². The summed E-state index contributed by atoms with van der Waals surface area (Å²) in [5.74, 6) is 0. The lowest BCUT2D eigenvalue weighted by Crippen LogP contribution is -2.51. The monoisotopic (exact) mass is 289 g/mol. The maximum atomic E-state index is 3.66. The molecular weight excluding hydrogens is 258 g/mol. The maximum absolute atomic E-state index is 3.66. The van der Waals surface area contributed by atoms with E-state index in [4.69, 9.17) is 0 Å². The van der Waals surface area contributed by atoms with Gasteiger partial charge in [0, 0.05) is 38.3 Å². The van der Waals surface area contributed by atoms with Crippen molar-refractivity contribution in [2.24, 2.45) is 0 Å². The summed E-state index contributed by atoms with van der Waals surface area (Å²) in [6.45, 7) is 10.2. The Balaban J connectivity index is 2.07. The second-order valence-electron chi connectivity index (χ2n) is 6.23. The minimum atomic E-state index is 0.531. The van der Waals surface area contributed by atoms with Crippen LogP contribution in [0.1, 0.15) is 38.3 Å². The Morgan fingerprint density at radius 1 is 1.19 bits per heavy atom. The highest BCUT2D eigenvalue weighted by Gasteiger charge is 2.27. The van der Waals surface area contributed by atoms with E-state index in [0.29, 0.717) is 12.1 Å². The third-order valence-electron chi connectivity index (χ3n) is 4.46. The molecule has 0 spiro atoms. The van der Waals surface area contributed by atoms with Crippen LogP contribution < -0.4 is 5.32 Å². The van der Waals surface area contributed by atoms with Crippen molar-refractivity contribution in [1.82, 2.24) is 15.1 Å². The number of likely N-dealkylation sites (N-methyl/N-ethyl adjacent to an activating group) is 2. The highest BCUT2D eigenvalue weighted by Crippen LogP contribution is 2.25. The Kier molecular flexibility index (Phi) is 6.68. The van der Waals surface area contributed by atoms with Crippen LogP contribution in [0.25, 0.3) is 0 Å². The van der Waals surface area contributed by atoms with Gasteiger partial charge >= 0.3 is 0 Å². The molecule has 118 valence electrons. The standard InChI is InChI=1S/C18H31N3/c1-4-9-17(19-5-2)14-21-13-12-20(3)15-18(21)16-10-7-6-8-11-16/h6-8,10-11,17-19H,4-5,9,12-15H2,1-3H3. The molecule has 0 aliphatic carbocycles. The Morgan fingerprint density at radius 3 is 2.62 bits per heavy atom. The number of benzene rings is 1. The quantitative estimate of drug-likeness (QED) is 0.833. The van der Waals surface area contributed by atoms with Crippen molar-refractivity contribution >= 4 is 0 Å². The molecule has 1 N–H and O–H groups in total. The first-order chi connectivity index (χ1) is 10.2. The van der Waals surface area contributed by atoms with Crippen molar-refractivity contribution in [2.45, 2.75) is 38.8 Å². The highest BCUT2D eigenvalue weighted by atomic mass is 15.3. The summed E-state index contributed by atoms with van der Waals surface area (Å²) >= 11 is 0. The molecule has 0 amide bonds. The van der Waals surface area contributed by atoms with Crippen molar-refractivity contribution in [3.05, 3.63) is 35.9 Å². The summed E-state index contributed by atoms with van der Waals surface area (Å²) in [5, 5.41) is 3.66. The number of nitrogens with one attached hydrogen (secondary N) is 1. The SMILES string of the molecule is CCCC(CN1CCN(C)CC1c1ccccc1)NCC. The van der Waals surface area contributed by atoms with Gasteiger partial charge in [0.1, 0.15) is 0 Å². The molecular formula is C18H31N3. The van der Waals surface area contributed by atoms with Crippen LogP contribution in [0, 0.1) is 0 Å². The summed E-state index contributed by atoms with van der Waals surface area (Å²) in [6, 6.07) is 12.1. The zero-order valence-electron chi connectivity index (χ0n) is 13.9. The van der Waals surface area contributed by atoms with E-state index in [9.17, 15) is 0 Å². The Hall–Kier alpha value is -0.900. The average molecular weight is 289 g/mol. The highest BCUT2D eigenvalue weighted by molar-refractivity contribution is 5.20. The van der Waals surface area contributed by atoms with Gasteiger partial charge in [0.15, 0.2) is 0 Å². The molecule has 2 rings (SSSR count). The van der Waals surface area contributed by atoms with E-state index in [1.54, 1.807) is 0 Å². The molecule has 21 heavy (non-hydrogen) atoms. The molecule has 3 nitrogen and oxygen atoms in total. The van der Waals surface area contributed by atoms with Crippen LogP contribution in [0.2, 0.25) is 0 Å². The molecule has 0 radical (unpaired) electrons. The van der Waals surface area contributed by atoms with Gasteiger partial charge in [-0.2, -0.15) is 0 Å². The van der Waals surface area contributed by atoms with Gasteiger partial charge in [-0.1, -0.05) is 50.6 Å². The van der Waals surface area contributed by atoms with E-state index in [-0.39, 0.29) is 0 Å². The van der Waals surface area contributed by atoms with Gasteiger partial charge in [-0.05, 0) is 25.6 Å². The normalized spacial score (nSPS) is 22.3. The number of nitrogens with zero attached hydrogens (tertiary/aromatic N) is 2. The molecule has 0 bridgehead atoms. The van der Waals surface area contributed by atoms with Gasteiger partial charge in [0.2, 0.25) is 0 Å². The molecule has 2 unspecified atom stereocenters. The lowest BCUT2D eigenvalue weighted by molar-refractivity contribution is 0.0795. The second-order valence-corrected chi connectivity index (χ2v) is 6.23. The largest absolute Gasteiger partial charge is 0.313 e. The number of hydrogen-bond acceptors (Lipinski definition) is 3. The molecule has 1 aromatic rings. The minimum absolute atomic E-state index is 0.531. The predicted octanol–water partition coefficient (Wildman–Crippen LogP) is 2.75. The van der Waals surface area contributed by atoms with Crippen LogP contribution in [-0.2, 0) is 0 Å². The molecule has 1 aliphatic rings. The fourth-order valence-corrected chi connectivity index (χ4v) is 3.35. The Morgan fingerprint density at radius 2 is 1.95 bits per heavy atom. The summed E-state index contributed by atoms with van der Waals surface area (Å²) in [5.41, 5.74) is 1.45. The van der Waals surface area contributed by atoms with Crippen LogP contribution in [0.5, 0.6) is 0 Å². The van der Waals surface area contributed by atoms with Gasteiger partial charge in [-0.15, -0.1) is 0 Å². The lowest BCUT2D eigenvalue weighted by Gasteiger charge is -2.42. The Labute approximate surface area is 130 Å². The van der Waals surface area contributed by atoms with E-state index in [1.807, 2.05) is 0 Å². The molecule has 1 saturated heterocycles. The number of piperazine rings is 1. The second kappa shape index (κ2) is 8.52.